The summed E-state index contributed by atoms with van der Waals surface area (Å²) in [5.41, 5.74) is 9.31. The highest BCUT2D eigenvalue weighted by atomic mass is 35.5. The molecule has 3 N–H and O–H groups in total. The third-order valence-electron chi connectivity index (χ3n) is 5.20. The Balaban J connectivity index is 1.45. The number of para-hydroxylation sites is 1. The normalized spacial score (nSPS) is 11.3. The average molecular weight is 433 g/mol. The molecule has 2 aromatic carbocycles. The smallest absolute Gasteiger partial charge is 0.158 e. The van der Waals surface area contributed by atoms with E-state index >= 15 is 0 Å². The van der Waals surface area contributed by atoms with Crippen molar-refractivity contribution in [2.45, 2.75) is 6.54 Å². The van der Waals surface area contributed by atoms with Gasteiger partial charge in [-0.25, -0.2) is 9.97 Å². The number of aryl methyl sites for hydroxylation is 1. The van der Waals surface area contributed by atoms with E-state index in [1.165, 1.54) is 6.33 Å². The Morgan fingerprint density at radius 3 is 2.77 bits per heavy atom. The molecule has 0 saturated heterocycles. The molecule has 156 valence electrons. The third kappa shape index (κ3) is 3.58. The summed E-state index contributed by atoms with van der Waals surface area (Å²) < 4.78 is 10.2. The van der Waals surface area contributed by atoms with Gasteiger partial charge >= 0.3 is 0 Å². The van der Waals surface area contributed by atoms with Crippen LogP contribution in [0.4, 0.5) is 11.5 Å². The first kappa shape index (κ1) is 19.4. The number of nitrogens with zero attached hydrogens (tertiary/aromatic N) is 4. The van der Waals surface area contributed by atoms with Crippen LogP contribution in [-0.2, 0) is 13.6 Å². The number of fused-ring (bicyclic) bond motifs is 2. The molecule has 0 saturated carbocycles. The Morgan fingerprint density at radius 2 is 1.94 bits per heavy atom. The van der Waals surface area contributed by atoms with Gasteiger partial charge in [-0.15, -0.1) is 0 Å². The van der Waals surface area contributed by atoms with Crippen LogP contribution < -0.4 is 15.8 Å². The van der Waals surface area contributed by atoms with Crippen molar-refractivity contribution in [1.82, 2.24) is 19.1 Å². The van der Waals surface area contributed by atoms with E-state index in [4.69, 9.17) is 22.1 Å². The van der Waals surface area contributed by atoms with Crippen molar-refractivity contribution in [2.24, 2.45) is 12.8 Å². The maximum Gasteiger partial charge on any atom is 0.158 e. The number of benzene rings is 2. The van der Waals surface area contributed by atoms with E-state index in [-0.39, 0.29) is 0 Å². The van der Waals surface area contributed by atoms with E-state index in [0.717, 1.165) is 33.4 Å². The van der Waals surface area contributed by atoms with E-state index in [1.54, 1.807) is 0 Å². The highest BCUT2D eigenvalue weighted by Gasteiger charge is 2.12. The minimum Gasteiger partial charge on any atom is -0.454 e. The Kier molecular flexibility index (Phi) is 4.97. The van der Waals surface area contributed by atoms with Gasteiger partial charge in [0.1, 0.15) is 17.6 Å². The molecule has 5 aromatic rings. The standard InChI is InChI=1S/C23H21ClN6O/c1-29-10-7-15-3-2-4-20(21(15)29)31-19-6-5-16(13-17(19)24)28-23-22-18(26-14-27-23)8-11-30(22)12-9-25/h2-8,10-11,13-14H,9,12,25H2,1H3,(H,26,27,28). The quantitative estimate of drug-likeness (QED) is 0.391. The predicted octanol–water partition coefficient (Wildman–Crippen LogP) is 5.07. The molecule has 0 fully saturated rings. The van der Waals surface area contributed by atoms with Crippen molar-refractivity contribution < 1.29 is 4.74 Å². The zero-order valence-corrected chi connectivity index (χ0v) is 17.7. The SMILES string of the molecule is Cn1ccc2cccc(Oc3ccc(Nc4ncnc5ccn(CCN)c45)cc3Cl)c21. The zero-order valence-electron chi connectivity index (χ0n) is 16.9. The van der Waals surface area contributed by atoms with Crippen LogP contribution in [0.25, 0.3) is 21.9 Å². The Bertz CT molecular complexity index is 1390. The third-order valence-corrected chi connectivity index (χ3v) is 5.49. The van der Waals surface area contributed by atoms with Crippen LogP contribution in [0, 0.1) is 0 Å². The zero-order chi connectivity index (χ0) is 21.4. The molecule has 0 aliphatic rings. The van der Waals surface area contributed by atoms with Gasteiger partial charge in [0.2, 0.25) is 0 Å². The molecule has 0 spiro atoms. The Hall–Kier alpha value is -3.55. The number of ether oxygens (including phenoxy) is 1. The summed E-state index contributed by atoms with van der Waals surface area (Å²) in [6, 6.07) is 15.6. The number of nitrogens with one attached hydrogen (secondary N) is 1. The molecule has 0 radical (unpaired) electrons. The average Bonchev–Trinajstić information content (AvgIpc) is 3.35. The van der Waals surface area contributed by atoms with Crippen molar-refractivity contribution in [3.05, 3.63) is 72.3 Å². The molecular formula is C23H21ClN6O. The van der Waals surface area contributed by atoms with Gasteiger partial charge in [0, 0.05) is 43.6 Å². The van der Waals surface area contributed by atoms with Crippen LogP contribution in [0.1, 0.15) is 0 Å². The minimum absolute atomic E-state index is 0.499. The molecule has 3 aromatic heterocycles. The monoisotopic (exact) mass is 432 g/mol. The molecule has 3 heterocycles. The predicted molar refractivity (Wildman–Crippen MR) is 124 cm³/mol. The topological polar surface area (TPSA) is 82.9 Å². The lowest BCUT2D eigenvalue weighted by molar-refractivity contribution is 0.486. The van der Waals surface area contributed by atoms with Gasteiger partial charge in [0.25, 0.3) is 0 Å². The summed E-state index contributed by atoms with van der Waals surface area (Å²) >= 11 is 6.56. The molecule has 0 amide bonds. The van der Waals surface area contributed by atoms with Crippen LogP contribution in [0.3, 0.4) is 0 Å². The maximum absolute atomic E-state index is 6.56. The molecular weight excluding hydrogens is 412 g/mol. The molecule has 0 bridgehead atoms. The van der Waals surface area contributed by atoms with Gasteiger partial charge in [-0.1, -0.05) is 23.7 Å². The Morgan fingerprint density at radius 1 is 1.03 bits per heavy atom. The molecule has 0 unspecified atom stereocenters. The largest absolute Gasteiger partial charge is 0.454 e. The lowest BCUT2D eigenvalue weighted by Gasteiger charge is -2.13. The number of anilines is 2. The minimum atomic E-state index is 0.499. The van der Waals surface area contributed by atoms with E-state index in [1.807, 2.05) is 65.0 Å². The summed E-state index contributed by atoms with van der Waals surface area (Å²) in [4.78, 5) is 8.75. The first-order chi connectivity index (χ1) is 15.1. The second-order valence-electron chi connectivity index (χ2n) is 7.25. The number of hydrogen-bond donors (Lipinski definition) is 2. The maximum atomic E-state index is 6.56. The van der Waals surface area contributed by atoms with Gasteiger partial charge in [-0.2, -0.15) is 0 Å². The first-order valence-corrected chi connectivity index (χ1v) is 10.3. The van der Waals surface area contributed by atoms with Crippen molar-refractivity contribution in [1.29, 1.82) is 0 Å². The number of halogens is 1. The lowest BCUT2D eigenvalue weighted by atomic mass is 10.2. The lowest BCUT2D eigenvalue weighted by Crippen LogP contribution is -2.10. The van der Waals surface area contributed by atoms with Gasteiger partial charge in [0.15, 0.2) is 11.6 Å². The molecule has 0 aliphatic carbocycles. The second kappa shape index (κ2) is 7.94. The highest BCUT2D eigenvalue weighted by Crippen LogP contribution is 2.36. The summed E-state index contributed by atoms with van der Waals surface area (Å²) in [7, 11) is 1.99. The molecule has 31 heavy (non-hydrogen) atoms. The van der Waals surface area contributed by atoms with Crippen LogP contribution in [-0.4, -0.2) is 25.6 Å². The van der Waals surface area contributed by atoms with Crippen molar-refractivity contribution in [2.75, 3.05) is 11.9 Å². The van der Waals surface area contributed by atoms with Crippen molar-refractivity contribution >= 4 is 45.0 Å². The second-order valence-corrected chi connectivity index (χ2v) is 7.65. The number of nitrogens with two attached hydrogens (primary N) is 1. The molecule has 0 atom stereocenters. The van der Waals surface area contributed by atoms with Crippen LogP contribution >= 0.6 is 11.6 Å². The van der Waals surface area contributed by atoms with Gasteiger partial charge in [-0.3, -0.25) is 0 Å². The fourth-order valence-electron chi connectivity index (χ4n) is 3.77. The fraction of sp³-hybridized carbons (Fsp3) is 0.130. The molecule has 5 rings (SSSR count). The summed E-state index contributed by atoms with van der Waals surface area (Å²) in [5, 5.41) is 4.95. The molecule has 7 nitrogen and oxygen atoms in total. The van der Waals surface area contributed by atoms with E-state index in [2.05, 4.69) is 27.4 Å². The Labute approximate surface area is 184 Å². The number of rotatable bonds is 6. The summed E-state index contributed by atoms with van der Waals surface area (Å²) in [6.45, 7) is 1.22. The van der Waals surface area contributed by atoms with Crippen LogP contribution in [0.5, 0.6) is 11.5 Å². The molecule has 0 aliphatic heterocycles. The van der Waals surface area contributed by atoms with Gasteiger partial charge in [-0.05, 0) is 36.4 Å². The van der Waals surface area contributed by atoms with Crippen LogP contribution in [0.2, 0.25) is 5.02 Å². The summed E-state index contributed by atoms with van der Waals surface area (Å²) in [5.74, 6) is 2.03. The fourth-order valence-corrected chi connectivity index (χ4v) is 3.99. The molecule has 8 heteroatoms. The summed E-state index contributed by atoms with van der Waals surface area (Å²) in [6.07, 6.45) is 5.51. The van der Waals surface area contributed by atoms with E-state index < -0.39 is 0 Å². The number of hydrogen-bond acceptors (Lipinski definition) is 5. The van der Waals surface area contributed by atoms with Crippen molar-refractivity contribution in [3.8, 4) is 11.5 Å². The van der Waals surface area contributed by atoms with E-state index in [9.17, 15) is 0 Å². The first-order valence-electron chi connectivity index (χ1n) is 9.92. The van der Waals surface area contributed by atoms with Crippen molar-refractivity contribution in [3.63, 3.8) is 0 Å². The number of aromatic nitrogens is 4. The van der Waals surface area contributed by atoms with E-state index in [0.29, 0.717) is 29.7 Å². The van der Waals surface area contributed by atoms with Gasteiger partial charge in [0.05, 0.1) is 16.1 Å². The van der Waals surface area contributed by atoms with Gasteiger partial charge < -0.3 is 24.9 Å². The highest BCUT2D eigenvalue weighted by molar-refractivity contribution is 6.32. The van der Waals surface area contributed by atoms with Crippen LogP contribution in [0.15, 0.2) is 67.3 Å².